The number of rotatable bonds is 12. The fraction of sp³-hybridized carbons (Fsp3) is 0.700. The third-order valence-corrected chi connectivity index (χ3v) is 5.15. The molecule has 0 spiro atoms. The van der Waals surface area contributed by atoms with Crippen LogP contribution in [-0.2, 0) is 14.3 Å². The number of likely N-dealkylation sites (N-methyl/N-ethyl adjacent to an activating group) is 1. The lowest BCUT2D eigenvalue weighted by Crippen LogP contribution is -2.39. The van der Waals surface area contributed by atoms with Gasteiger partial charge in [0.25, 0.3) is 0 Å². The van der Waals surface area contributed by atoms with Crippen LogP contribution >= 0.6 is 15.9 Å². The van der Waals surface area contributed by atoms with Crippen LogP contribution in [-0.4, -0.2) is 36.1 Å². The summed E-state index contributed by atoms with van der Waals surface area (Å²) in [6.07, 6.45) is 12.0. The zero-order valence-corrected chi connectivity index (χ0v) is 17.9. The molecule has 1 aliphatic heterocycles. The summed E-state index contributed by atoms with van der Waals surface area (Å²) in [5.74, 6) is -0.275. The van der Waals surface area contributed by atoms with E-state index in [9.17, 15) is 9.59 Å². The van der Waals surface area contributed by atoms with Crippen molar-refractivity contribution in [1.82, 2.24) is 10.2 Å². The smallest absolute Gasteiger partial charge is 0.307 e. The number of carbonyl (C=O) groups is 2. The van der Waals surface area contributed by atoms with Gasteiger partial charge in [-0.25, -0.2) is 0 Å². The quantitative estimate of drug-likeness (QED) is 0.363. The normalized spacial score (nSPS) is 15.2. The zero-order chi connectivity index (χ0) is 19.4. The third kappa shape index (κ3) is 8.39. The Morgan fingerprint density at radius 3 is 2.50 bits per heavy atom. The fourth-order valence-corrected chi connectivity index (χ4v) is 3.24. The van der Waals surface area contributed by atoms with Gasteiger partial charge in [0.05, 0.1) is 12.1 Å². The van der Waals surface area contributed by atoms with Gasteiger partial charge in [-0.3, -0.25) is 9.59 Å². The Bertz CT molecular complexity index is 517. The Kier molecular flexibility index (Phi) is 11.3. The predicted octanol–water partition coefficient (Wildman–Crippen LogP) is 4.63. The lowest BCUT2D eigenvalue weighted by molar-refractivity contribution is -0.155. The standard InChI is InChI=1S/C20H33BrN2O3/c1-4-6-7-8-9-10-11-12-19(24)26-16(3)23-14-13-18(21)17(15-23)20(25)22-5-2/h13-14,16H,4-12,15H2,1-3H3,(H,22,25). The molecule has 0 fully saturated rings. The molecule has 0 aromatic carbocycles. The highest BCUT2D eigenvalue weighted by atomic mass is 79.9. The molecular formula is C20H33BrN2O3. The number of nitrogens with zero attached hydrogens (tertiary/aromatic N) is 1. The van der Waals surface area contributed by atoms with Crippen molar-refractivity contribution in [3.8, 4) is 0 Å². The predicted molar refractivity (Wildman–Crippen MR) is 109 cm³/mol. The van der Waals surface area contributed by atoms with E-state index in [4.69, 9.17) is 4.74 Å². The van der Waals surface area contributed by atoms with Crippen LogP contribution < -0.4 is 5.32 Å². The van der Waals surface area contributed by atoms with Crippen LogP contribution in [0.25, 0.3) is 0 Å². The average molecular weight is 429 g/mol. The Morgan fingerprint density at radius 2 is 1.85 bits per heavy atom. The Labute approximate surface area is 166 Å². The van der Waals surface area contributed by atoms with Crippen molar-refractivity contribution in [3.05, 3.63) is 22.3 Å². The largest absolute Gasteiger partial charge is 0.442 e. The van der Waals surface area contributed by atoms with E-state index in [0.29, 0.717) is 25.1 Å². The molecule has 0 aromatic heterocycles. The number of nitrogens with one attached hydrogen (secondary N) is 1. The van der Waals surface area contributed by atoms with E-state index < -0.39 is 6.23 Å². The SMILES string of the molecule is CCCCCCCCCC(=O)OC(C)N1C=CC(Br)=C(C(=O)NCC)C1. The Hall–Kier alpha value is -1.30. The number of unbranched alkanes of at least 4 members (excludes halogenated alkanes) is 6. The second kappa shape index (κ2) is 13.0. The Morgan fingerprint density at radius 1 is 1.19 bits per heavy atom. The maximum absolute atomic E-state index is 12.1. The molecule has 0 aromatic rings. The lowest BCUT2D eigenvalue weighted by atomic mass is 10.1. The molecule has 6 heteroatoms. The number of allylic oxidation sites excluding steroid dienone is 2. The summed E-state index contributed by atoms with van der Waals surface area (Å²) in [5, 5.41) is 2.80. The van der Waals surface area contributed by atoms with E-state index in [0.717, 1.165) is 17.3 Å². The number of esters is 1. The minimum absolute atomic E-state index is 0.102. The first-order valence-corrected chi connectivity index (χ1v) is 10.6. The molecule has 26 heavy (non-hydrogen) atoms. The van der Waals surface area contributed by atoms with Crippen LogP contribution in [0, 0.1) is 0 Å². The van der Waals surface area contributed by atoms with E-state index in [-0.39, 0.29) is 11.9 Å². The van der Waals surface area contributed by atoms with Crippen LogP contribution in [0.3, 0.4) is 0 Å². The molecule has 5 nitrogen and oxygen atoms in total. The molecule has 1 aliphatic rings. The van der Waals surface area contributed by atoms with Crippen LogP contribution in [0.15, 0.2) is 22.3 Å². The summed E-state index contributed by atoms with van der Waals surface area (Å²) >= 11 is 3.41. The van der Waals surface area contributed by atoms with Gasteiger partial charge < -0.3 is 15.0 Å². The van der Waals surface area contributed by atoms with Gasteiger partial charge in [-0.2, -0.15) is 0 Å². The third-order valence-electron chi connectivity index (χ3n) is 4.41. The maximum Gasteiger partial charge on any atom is 0.307 e. The number of hydrogen-bond acceptors (Lipinski definition) is 4. The number of amides is 1. The molecule has 1 heterocycles. The van der Waals surface area contributed by atoms with Gasteiger partial charge in [-0.05, 0) is 26.3 Å². The highest BCUT2D eigenvalue weighted by Crippen LogP contribution is 2.22. The van der Waals surface area contributed by atoms with Crippen molar-refractivity contribution >= 4 is 27.8 Å². The second-order valence-electron chi connectivity index (χ2n) is 6.63. The summed E-state index contributed by atoms with van der Waals surface area (Å²) in [6, 6.07) is 0. The van der Waals surface area contributed by atoms with Crippen molar-refractivity contribution in [1.29, 1.82) is 0 Å². The highest BCUT2D eigenvalue weighted by Gasteiger charge is 2.23. The van der Waals surface area contributed by atoms with Crippen LogP contribution in [0.4, 0.5) is 0 Å². The number of ether oxygens (including phenoxy) is 1. The summed E-state index contributed by atoms with van der Waals surface area (Å²) in [4.78, 5) is 26.0. The fourth-order valence-electron chi connectivity index (χ4n) is 2.81. The maximum atomic E-state index is 12.1. The molecule has 0 aliphatic carbocycles. The molecule has 1 atom stereocenters. The molecule has 0 radical (unpaired) electrons. The van der Waals surface area contributed by atoms with Gasteiger partial charge in [-0.1, -0.05) is 61.4 Å². The lowest BCUT2D eigenvalue weighted by Gasteiger charge is -2.30. The van der Waals surface area contributed by atoms with Crippen molar-refractivity contribution < 1.29 is 14.3 Å². The average Bonchev–Trinajstić information content (AvgIpc) is 2.61. The second-order valence-corrected chi connectivity index (χ2v) is 7.49. The summed E-state index contributed by atoms with van der Waals surface area (Å²) < 4.78 is 6.29. The first-order valence-electron chi connectivity index (χ1n) is 9.79. The Balaban J connectivity index is 2.32. The summed E-state index contributed by atoms with van der Waals surface area (Å²) in [7, 11) is 0. The molecule has 1 N–H and O–H groups in total. The molecule has 1 rings (SSSR count). The first kappa shape index (κ1) is 22.7. The topological polar surface area (TPSA) is 58.6 Å². The molecule has 1 amide bonds. The van der Waals surface area contributed by atoms with Crippen molar-refractivity contribution in [2.24, 2.45) is 0 Å². The minimum Gasteiger partial charge on any atom is -0.442 e. The van der Waals surface area contributed by atoms with Crippen molar-refractivity contribution in [3.63, 3.8) is 0 Å². The molecule has 0 bridgehead atoms. The molecule has 0 saturated heterocycles. The highest BCUT2D eigenvalue weighted by molar-refractivity contribution is 9.12. The van der Waals surface area contributed by atoms with Crippen molar-refractivity contribution in [2.75, 3.05) is 13.1 Å². The van der Waals surface area contributed by atoms with Gasteiger partial charge >= 0.3 is 5.97 Å². The van der Waals surface area contributed by atoms with Gasteiger partial charge in [-0.15, -0.1) is 0 Å². The van der Waals surface area contributed by atoms with Crippen LogP contribution in [0.5, 0.6) is 0 Å². The monoisotopic (exact) mass is 428 g/mol. The van der Waals surface area contributed by atoms with Gasteiger partial charge in [0, 0.05) is 23.6 Å². The van der Waals surface area contributed by atoms with Crippen LogP contribution in [0.1, 0.15) is 72.1 Å². The van der Waals surface area contributed by atoms with E-state index in [1.54, 1.807) is 0 Å². The van der Waals surface area contributed by atoms with Crippen LogP contribution in [0.2, 0.25) is 0 Å². The van der Waals surface area contributed by atoms with Gasteiger partial charge in [0.15, 0.2) is 6.23 Å². The molecule has 0 saturated carbocycles. The molecular weight excluding hydrogens is 396 g/mol. The number of hydrogen-bond donors (Lipinski definition) is 1. The van der Waals surface area contributed by atoms with Gasteiger partial charge in [0.2, 0.25) is 5.91 Å². The first-order chi connectivity index (χ1) is 12.5. The molecule has 148 valence electrons. The summed E-state index contributed by atoms with van der Waals surface area (Å²) in [6.45, 7) is 6.92. The van der Waals surface area contributed by atoms with E-state index in [2.05, 4.69) is 28.2 Å². The summed E-state index contributed by atoms with van der Waals surface area (Å²) in [5.41, 5.74) is 0.643. The van der Waals surface area contributed by atoms with E-state index in [1.807, 2.05) is 31.0 Å². The minimum atomic E-state index is -0.395. The number of halogens is 1. The van der Waals surface area contributed by atoms with Gasteiger partial charge in [0.1, 0.15) is 0 Å². The van der Waals surface area contributed by atoms with E-state index in [1.165, 1.54) is 32.1 Å². The molecule has 1 unspecified atom stereocenters. The zero-order valence-electron chi connectivity index (χ0n) is 16.4. The number of carbonyl (C=O) groups excluding carboxylic acids is 2. The van der Waals surface area contributed by atoms with Crippen molar-refractivity contribution in [2.45, 2.75) is 78.4 Å². The van der Waals surface area contributed by atoms with E-state index >= 15 is 0 Å².